The van der Waals surface area contributed by atoms with Gasteiger partial charge in [-0.05, 0) is 31.9 Å². The van der Waals surface area contributed by atoms with Crippen LogP contribution in [0.2, 0.25) is 0 Å². The lowest BCUT2D eigenvalue weighted by Crippen LogP contribution is -2.28. The molecule has 1 amide bonds. The van der Waals surface area contributed by atoms with Crippen LogP contribution in [0.4, 0.5) is 5.69 Å². The predicted molar refractivity (Wildman–Crippen MR) is 87.1 cm³/mol. The highest BCUT2D eigenvalue weighted by Crippen LogP contribution is 2.32. The second-order valence-electron chi connectivity index (χ2n) is 5.71. The number of aryl methyl sites for hydroxylation is 1. The number of hydrogen-bond donors (Lipinski definition) is 0. The van der Waals surface area contributed by atoms with E-state index in [1.54, 1.807) is 23.1 Å². The molecule has 2 aromatic rings. The number of carbonyl (C=O) groups is 1. The topological polar surface area (TPSA) is 89.5 Å². The van der Waals surface area contributed by atoms with Crippen molar-refractivity contribution in [3.05, 3.63) is 63.5 Å². The highest BCUT2D eigenvalue weighted by atomic mass is 16.6. The minimum absolute atomic E-state index is 0.0228. The molecule has 2 heterocycles. The molecule has 0 spiro atoms. The van der Waals surface area contributed by atoms with Gasteiger partial charge in [-0.15, -0.1) is 0 Å². The van der Waals surface area contributed by atoms with Gasteiger partial charge in [-0.1, -0.05) is 17.3 Å². The first-order valence-electron chi connectivity index (χ1n) is 7.71. The Labute approximate surface area is 138 Å². The summed E-state index contributed by atoms with van der Waals surface area (Å²) in [5.41, 5.74) is 1.16. The Morgan fingerprint density at radius 3 is 2.96 bits per heavy atom. The SMILES string of the molecule is Cc1cc(C2CCCN2C(=O)C=Cc2ccccc2[N+](=O)[O-])on1. The lowest BCUT2D eigenvalue weighted by atomic mass is 10.1. The van der Waals surface area contributed by atoms with Crippen LogP contribution < -0.4 is 0 Å². The van der Waals surface area contributed by atoms with Gasteiger partial charge < -0.3 is 9.42 Å². The standard InChI is InChI=1S/C17H17N3O4/c1-12-11-16(24-18-12)15-7-4-10-19(15)17(21)9-8-13-5-2-3-6-14(13)20(22)23/h2-3,5-6,8-9,11,15H,4,7,10H2,1H3. The summed E-state index contributed by atoms with van der Waals surface area (Å²) in [6.07, 6.45) is 4.57. The van der Waals surface area contributed by atoms with Gasteiger partial charge in [-0.2, -0.15) is 0 Å². The summed E-state index contributed by atoms with van der Waals surface area (Å²) in [5.74, 6) is 0.488. The normalized spacial score (nSPS) is 17.5. The number of hydrogen-bond acceptors (Lipinski definition) is 5. The highest BCUT2D eigenvalue weighted by Gasteiger charge is 2.31. The molecule has 1 aromatic heterocycles. The molecule has 1 aliphatic heterocycles. The van der Waals surface area contributed by atoms with E-state index in [-0.39, 0.29) is 17.6 Å². The maximum Gasteiger partial charge on any atom is 0.276 e. The van der Waals surface area contributed by atoms with Crippen molar-refractivity contribution in [1.82, 2.24) is 10.1 Å². The van der Waals surface area contributed by atoms with Gasteiger partial charge in [-0.3, -0.25) is 14.9 Å². The number of benzene rings is 1. The number of amides is 1. The third-order valence-corrected chi connectivity index (χ3v) is 4.05. The Hall–Kier alpha value is -2.96. The van der Waals surface area contributed by atoms with Crippen molar-refractivity contribution in [1.29, 1.82) is 0 Å². The van der Waals surface area contributed by atoms with Crippen molar-refractivity contribution >= 4 is 17.7 Å². The van der Waals surface area contributed by atoms with Crippen LogP contribution in [0.25, 0.3) is 6.08 Å². The molecule has 1 aliphatic rings. The number of likely N-dealkylation sites (tertiary alicyclic amines) is 1. The summed E-state index contributed by atoms with van der Waals surface area (Å²) in [4.78, 5) is 24.8. The molecular formula is C17H17N3O4. The number of carbonyl (C=O) groups excluding carboxylic acids is 1. The summed E-state index contributed by atoms with van der Waals surface area (Å²) in [5, 5.41) is 14.9. The van der Waals surface area contributed by atoms with E-state index in [0.29, 0.717) is 17.9 Å². The van der Waals surface area contributed by atoms with E-state index >= 15 is 0 Å². The van der Waals surface area contributed by atoms with Crippen molar-refractivity contribution in [3.8, 4) is 0 Å². The van der Waals surface area contributed by atoms with Gasteiger partial charge in [0, 0.05) is 24.8 Å². The van der Waals surface area contributed by atoms with E-state index in [1.807, 2.05) is 13.0 Å². The number of para-hydroxylation sites is 1. The van der Waals surface area contributed by atoms with Crippen LogP contribution in [0.3, 0.4) is 0 Å². The average Bonchev–Trinajstić information content (AvgIpc) is 3.21. The van der Waals surface area contributed by atoms with E-state index in [9.17, 15) is 14.9 Å². The number of nitrogens with zero attached hydrogens (tertiary/aromatic N) is 3. The second kappa shape index (κ2) is 6.66. The van der Waals surface area contributed by atoms with Gasteiger partial charge in [0.05, 0.1) is 22.2 Å². The zero-order valence-corrected chi connectivity index (χ0v) is 13.2. The molecule has 3 rings (SSSR count). The number of nitro benzene ring substituents is 1. The molecule has 0 saturated carbocycles. The quantitative estimate of drug-likeness (QED) is 0.488. The number of nitro groups is 1. The van der Waals surface area contributed by atoms with Crippen LogP contribution in [0.1, 0.15) is 35.9 Å². The van der Waals surface area contributed by atoms with Gasteiger partial charge >= 0.3 is 0 Å². The monoisotopic (exact) mass is 327 g/mol. The van der Waals surface area contributed by atoms with Crippen LogP contribution in [0, 0.1) is 17.0 Å². The molecule has 1 saturated heterocycles. The molecule has 1 aromatic carbocycles. The van der Waals surface area contributed by atoms with Gasteiger partial charge in [0.15, 0.2) is 5.76 Å². The van der Waals surface area contributed by atoms with Crippen molar-refractivity contribution in [2.24, 2.45) is 0 Å². The summed E-state index contributed by atoms with van der Waals surface area (Å²) >= 11 is 0. The molecule has 1 atom stereocenters. The molecule has 124 valence electrons. The predicted octanol–water partition coefficient (Wildman–Crippen LogP) is 3.27. The minimum atomic E-state index is -0.458. The molecule has 7 nitrogen and oxygen atoms in total. The third kappa shape index (κ3) is 3.19. The number of rotatable bonds is 4. The zero-order chi connectivity index (χ0) is 17.1. The van der Waals surface area contributed by atoms with Crippen molar-refractivity contribution in [3.63, 3.8) is 0 Å². The van der Waals surface area contributed by atoms with E-state index in [2.05, 4.69) is 5.16 Å². The first-order valence-corrected chi connectivity index (χ1v) is 7.71. The molecular weight excluding hydrogens is 310 g/mol. The summed E-state index contributed by atoms with van der Waals surface area (Å²) < 4.78 is 5.28. The number of aromatic nitrogens is 1. The van der Waals surface area contributed by atoms with Gasteiger partial charge in [-0.25, -0.2) is 0 Å². The highest BCUT2D eigenvalue weighted by molar-refractivity contribution is 5.92. The first kappa shape index (κ1) is 15.9. The first-order chi connectivity index (χ1) is 11.6. The maximum atomic E-state index is 12.5. The fourth-order valence-electron chi connectivity index (χ4n) is 2.92. The summed E-state index contributed by atoms with van der Waals surface area (Å²) in [6.45, 7) is 2.47. The van der Waals surface area contributed by atoms with Gasteiger partial charge in [0.2, 0.25) is 5.91 Å². The van der Waals surface area contributed by atoms with Crippen LogP contribution in [-0.2, 0) is 4.79 Å². The molecule has 0 N–H and O–H groups in total. The van der Waals surface area contributed by atoms with Crippen LogP contribution >= 0.6 is 0 Å². The fourth-order valence-corrected chi connectivity index (χ4v) is 2.92. The molecule has 0 bridgehead atoms. The van der Waals surface area contributed by atoms with Crippen molar-refractivity contribution in [2.75, 3.05) is 6.54 Å². The summed E-state index contributed by atoms with van der Waals surface area (Å²) in [6, 6.07) is 8.03. The maximum absolute atomic E-state index is 12.5. The second-order valence-corrected chi connectivity index (χ2v) is 5.71. The van der Waals surface area contributed by atoms with Crippen LogP contribution in [-0.4, -0.2) is 27.4 Å². The van der Waals surface area contributed by atoms with Gasteiger partial charge in [0.25, 0.3) is 5.69 Å². The van der Waals surface area contributed by atoms with Crippen LogP contribution in [0.15, 0.2) is 40.9 Å². The fraction of sp³-hybridized carbons (Fsp3) is 0.294. The minimum Gasteiger partial charge on any atom is -0.359 e. The Morgan fingerprint density at radius 2 is 2.25 bits per heavy atom. The van der Waals surface area contributed by atoms with Crippen molar-refractivity contribution in [2.45, 2.75) is 25.8 Å². The summed E-state index contributed by atoms with van der Waals surface area (Å²) in [7, 11) is 0. The largest absolute Gasteiger partial charge is 0.359 e. The molecule has 7 heteroatoms. The molecule has 24 heavy (non-hydrogen) atoms. The Balaban J connectivity index is 1.78. The van der Waals surface area contributed by atoms with Crippen molar-refractivity contribution < 1.29 is 14.2 Å². The lowest BCUT2D eigenvalue weighted by Gasteiger charge is -2.20. The Kier molecular flexibility index (Phi) is 4.41. The molecule has 1 fully saturated rings. The average molecular weight is 327 g/mol. The third-order valence-electron chi connectivity index (χ3n) is 4.05. The van der Waals surface area contributed by atoms with E-state index in [0.717, 1.165) is 18.5 Å². The Morgan fingerprint density at radius 1 is 1.46 bits per heavy atom. The Bertz CT molecular complexity index is 797. The molecule has 0 radical (unpaired) electrons. The lowest BCUT2D eigenvalue weighted by molar-refractivity contribution is -0.385. The molecule has 0 aliphatic carbocycles. The van der Waals surface area contributed by atoms with E-state index in [1.165, 1.54) is 18.2 Å². The van der Waals surface area contributed by atoms with E-state index < -0.39 is 4.92 Å². The van der Waals surface area contributed by atoms with E-state index in [4.69, 9.17) is 4.52 Å². The zero-order valence-electron chi connectivity index (χ0n) is 13.2. The molecule has 1 unspecified atom stereocenters. The van der Waals surface area contributed by atoms with Crippen LogP contribution in [0.5, 0.6) is 0 Å². The van der Waals surface area contributed by atoms with Gasteiger partial charge in [0.1, 0.15) is 0 Å². The smallest absolute Gasteiger partial charge is 0.276 e.